The van der Waals surface area contributed by atoms with Crippen molar-refractivity contribution in [2.75, 3.05) is 9.80 Å². The molecule has 0 N–H and O–H groups in total. The number of rotatable bonds is 2. The van der Waals surface area contributed by atoms with Crippen molar-refractivity contribution in [3.05, 3.63) is 121 Å². The first-order valence-corrected chi connectivity index (χ1v) is 11.6. The molecule has 0 unspecified atom stereocenters. The average Bonchev–Trinajstić information content (AvgIpc) is 3.18. The van der Waals surface area contributed by atoms with Gasteiger partial charge in [0.15, 0.2) is 0 Å². The van der Waals surface area contributed by atoms with Crippen molar-refractivity contribution in [1.29, 1.82) is 0 Å². The third-order valence-corrected chi connectivity index (χ3v) is 6.88. The summed E-state index contributed by atoms with van der Waals surface area (Å²) in [4.78, 5) is 4.78. The van der Waals surface area contributed by atoms with Crippen LogP contribution >= 0.6 is 0 Å². The Hall–Kier alpha value is -4.50. The molecule has 0 saturated carbocycles. The number of aryl methyl sites for hydroxylation is 1. The Morgan fingerprint density at radius 1 is 0.412 bits per heavy atom. The Bertz CT molecular complexity index is 1670. The van der Waals surface area contributed by atoms with E-state index in [4.69, 9.17) is 0 Å². The Morgan fingerprint density at radius 3 is 1.53 bits per heavy atom. The van der Waals surface area contributed by atoms with Gasteiger partial charge in [0.25, 0.3) is 0 Å². The average molecular weight is 438 g/mol. The smallest absolute Gasteiger partial charge is 0.0724 e. The van der Waals surface area contributed by atoms with Crippen LogP contribution in [-0.2, 0) is 7.05 Å². The van der Waals surface area contributed by atoms with Crippen molar-refractivity contribution in [1.82, 2.24) is 4.57 Å². The molecule has 6 aromatic rings. The van der Waals surface area contributed by atoms with Crippen LogP contribution in [0.15, 0.2) is 121 Å². The standard InChI is InChI=1S/C31H23N3/c1-32-26-17-9-8-16-24(26)25-20-30-31(21-29(25)32)34(23-14-6-3-7-15-23)28-19-11-10-18-27(28)33(30)22-12-4-2-5-13-22/h2-21H,1H3. The molecule has 0 amide bonds. The Balaban J connectivity index is 1.62. The topological polar surface area (TPSA) is 11.4 Å². The summed E-state index contributed by atoms with van der Waals surface area (Å²) in [7, 11) is 2.16. The van der Waals surface area contributed by atoms with Gasteiger partial charge in [0.1, 0.15) is 0 Å². The van der Waals surface area contributed by atoms with Crippen LogP contribution < -0.4 is 9.80 Å². The molecule has 162 valence electrons. The molecule has 0 fully saturated rings. The van der Waals surface area contributed by atoms with Gasteiger partial charge in [-0.3, -0.25) is 0 Å². The maximum absolute atomic E-state index is 2.39. The molecule has 5 aromatic carbocycles. The van der Waals surface area contributed by atoms with E-state index in [1.165, 1.54) is 44.6 Å². The normalized spacial score (nSPS) is 12.7. The van der Waals surface area contributed by atoms with Gasteiger partial charge >= 0.3 is 0 Å². The van der Waals surface area contributed by atoms with Gasteiger partial charge in [-0.05, 0) is 54.6 Å². The van der Waals surface area contributed by atoms with Crippen LogP contribution in [0.1, 0.15) is 0 Å². The highest BCUT2D eigenvalue weighted by Crippen LogP contribution is 2.55. The van der Waals surface area contributed by atoms with Crippen molar-refractivity contribution in [2.45, 2.75) is 0 Å². The lowest BCUT2D eigenvalue weighted by atomic mass is 10.0. The Labute approximate surface area is 198 Å². The summed E-state index contributed by atoms with van der Waals surface area (Å²) in [6.45, 7) is 0. The van der Waals surface area contributed by atoms with Gasteiger partial charge in [-0.25, -0.2) is 0 Å². The molecule has 34 heavy (non-hydrogen) atoms. The van der Waals surface area contributed by atoms with Gasteiger partial charge < -0.3 is 14.4 Å². The van der Waals surface area contributed by atoms with E-state index in [0.29, 0.717) is 0 Å². The summed E-state index contributed by atoms with van der Waals surface area (Å²) < 4.78 is 2.31. The maximum Gasteiger partial charge on any atom is 0.0724 e. The van der Waals surface area contributed by atoms with Crippen molar-refractivity contribution < 1.29 is 0 Å². The van der Waals surface area contributed by atoms with Crippen LogP contribution in [0.25, 0.3) is 21.8 Å². The molecule has 0 aliphatic carbocycles. The summed E-state index contributed by atoms with van der Waals surface area (Å²) in [6.07, 6.45) is 0. The van der Waals surface area contributed by atoms with Gasteiger partial charge in [-0.2, -0.15) is 0 Å². The predicted octanol–water partition coefficient (Wildman–Crippen LogP) is 8.58. The molecule has 1 aliphatic heterocycles. The zero-order valence-corrected chi connectivity index (χ0v) is 18.9. The number of nitrogens with zero attached hydrogens (tertiary/aromatic N) is 3. The van der Waals surface area contributed by atoms with E-state index in [1.807, 2.05) is 0 Å². The number of anilines is 6. The quantitative estimate of drug-likeness (QED) is 0.268. The highest BCUT2D eigenvalue weighted by Gasteiger charge is 2.31. The molecule has 3 nitrogen and oxygen atoms in total. The van der Waals surface area contributed by atoms with Crippen LogP contribution in [0.5, 0.6) is 0 Å². The van der Waals surface area contributed by atoms with Crippen LogP contribution in [0.3, 0.4) is 0 Å². The van der Waals surface area contributed by atoms with Crippen LogP contribution in [0.2, 0.25) is 0 Å². The summed E-state index contributed by atoms with van der Waals surface area (Å²) >= 11 is 0. The van der Waals surface area contributed by atoms with Crippen LogP contribution in [0.4, 0.5) is 34.1 Å². The SMILES string of the molecule is Cn1c2ccccc2c2cc3c(cc21)N(c1ccccc1)c1ccccc1N3c1ccccc1. The largest absolute Gasteiger partial charge is 0.344 e. The third-order valence-electron chi connectivity index (χ3n) is 6.88. The monoisotopic (exact) mass is 437 g/mol. The van der Waals surface area contributed by atoms with E-state index < -0.39 is 0 Å². The fourth-order valence-electron chi connectivity index (χ4n) is 5.35. The molecule has 1 aromatic heterocycles. The summed E-state index contributed by atoms with van der Waals surface area (Å²) in [5, 5.41) is 2.55. The number of para-hydroxylation sites is 5. The van der Waals surface area contributed by atoms with Crippen molar-refractivity contribution in [3.8, 4) is 0 Å². The highest BCUT2D eigenvalue weighted by molar-refractivity contribution is 6.14. The van der Waals surface area contributed by atoms with E-state index in [1.54, 1.807) is 0 Å². The Morgan fingerprint density at radius 2 is 0.912 bits per heavy atom. The van der Waals surface area contributed by atoms with Gasteiger partial charge in [-0.1, -0.05) is 66.7 Å². The number of fused-ring (bicyclic) bond motifs is 5. The summed E-state index contributed by atoms with van der Waals surface area (Å²) in [6, 6.07) is 43.4. The molecule has 1 aliphatic rings. The molecule has 0 atom stereocenters. The van der Waals surface area contributed by atoms with Gasteiger partial charge in [0.2, 0.25) is 0 Å². The lowest BCUT2D eigenvalue weighted by molar-refractivity contribution is 1.01. The zero-order chi connectivity index (χ0) is 22.6. The predicted molar refractivity (Wildman–Crippen MR) is 143 cm³/mol. The molecule has 7 rings (SSSR count). The van der Waals surface area contributed by atoms with Crippen molar-refractivity contribution in [3.63, 3.8) is 0 Å². The molecule has 3 heteroatoms. The lowest BCUT2D eigenvalue weighted by Gasteiger charge is -2.40. The Kier molecular flexibility index (Phi) is 4.06. The van der Waals surface area contributed by atoms with E-state index >= 15 is 0 Å². The molecular formula is C31H23N3. The number of hydrogen-bond donors (Lipinski definition) is 0. The number of aromatic nitrogens is 1. The minimum Gasteiger partial charge on any atom is -0.344 e. The summed E-state index contributed by atoms with van der Waals surface area (Å²) in [5.74, 6) is 0. The molecule has 0 spiro atoms. The summed E-state index contributed by atoms with van der Waals surface area (Å²) in [5.41, 5.74) is 9.48. The number of hydrogen-bond acceptors (Lipinski definition) is 2. The second-order valence-electron chi connectivity index (χ2n) is 8.76. The minimum atomic E-state index is 1.15. The van der Waals surface area contributed by atoms with E-state index in [2.05, 4.69) is 143 Å². The van der Waals surface area contributed by atoms with Crippen molar-refractivity contribution in [2.24, 2.45) is 7.05 Å². The van der Waals surface area contributed by atoms with Crippen LogP contribution in [0, 0.1) is 0 Å². The lowest BCUT2D eigenvalue weighted by Crippen LogP contribution is -2.24. The second-order valence-corrected chi connectivity index (χ2v) is 8.76. The van der Waals surface area contributed by atoms with Gasteiger partial charge in [-0.15, -0.1) is 0 Å². The van der Waals surface area contributed by atoms with E-state index in [9.17, 15) is 0 Å². The zero-order valence-electron chi connectivity index (χ0n) is 18.9. The maximum atomic E-state index is 2.39. The van der Waals surface area contributed by atoms with E-state index in [0.717, 1.165) is 11.4 Å². The van der Waals surface area contributed by atoms with Crippen LogP contribution in [-0.4, -0.2) is 4.57 Å². The van der Waals surface area contributed by atoms with Crippen molar-refractivity contribution >= 4 is 55.9 Å². The van der Waals surface area contributed by atoms with Gasteiger partial charge in [0.05, 0.1) is 28.3 Å². The third kappa shape index (κ3) is 2.64. The van der Waals surface area contributed by atoms with Gasteiger partial charge in [0, 0.05) is 34.7 Å². The van der Waals surface area contributed by atoms with E-state index in [-0.39, 0.29) is 0 Å². The first kappa shape index (κ1) is 19.0. The molecule has 0 bridgehead atoms. The highest BCUT2D eigenvalue weighted by atomic mass is 15.3. The molecule has 0 radical (unpaired) electrons. The number of benzene rings is 5. The second kappa shape index (κ2) is 7.26. The first-order chi connectivity index (χ1) is 16.8. The fourth-order valence-corrected chi connectivity index (χ4v) is 5.35. The molecule has 0 saturated heterocycles. The first-order valence-electron chi connectivity index (χ1n) is 11.6. The minimum absolute atomic E-state index is 1.15. The molecular weight excluding hydrogens is 414 g/mol. The molecule has 2 heterocycles. The fraction of sp³-hybridized carbons (Fsp3) is 0.0323.